The van der Waals surface area contributed by atoms with E-state index in [9.17, 15) is 5.11 Å². The molecule has 0 aromatic heterocycles. The molecule has 2 rings (SSSR count). The molecule has 3 atom stereocenters. The molecular formula is C19H37N3O2. The predicted molar refractivity (Wildman–Crippen MR) is 99.3 cm³/mol. The molecule has 3 N–H and O–H groups in total. The van der Waals surface area contributed by atoms with Crippen LogP contribution in [0.1, 0.15) is 66.7 Å². The summed E-state index contributed by atoms with van der Waals surface area (Å²) in [7, 11) is 0. The number of hydrogen-bond donors (Lipinski definition) is 3. The minimum absolute atomic E-state index is 0.125. The molecule has 0 radical (unpaired) electrons. The minimum Gasteiger partial charge on any atom is -0.388 e. The predicted octanol–water partition coefficient (Wildman–Crippen LogP) is 2.69. The monoisotopic (exact) mass is 339 g/mol. The minimum atomic E-state index is -0.681. The maximum atomic E-state index is 10.8. The van der Waals surface area contributed by atoms with Crippen molar-refractivity contribution in [3.05, 3.63) is 0 Å². The van der Waals surface area contributed by atoms with E-state index in [1.54, 1.807) is 0 Å². The maximum Gasteiger partial charge on any atom is 0.191 e. The SMILES string of the molecule is CCCC(O)(CCC)CN=C(NCC)NC1C2CCOC2C1(C)C. The highest BCUT2D eigenvalue weighted by atomic mass is 16.5. The Morgan fingerprint density at radius 1 is 1.25 bits per heavy atom. The molecular weight excluding hydrogens is 302 g/mol. The lowest BCUT2D eigenvalue weighted by atomic mass is 9.57. The molecule has 0 aromatic rings. The van der Waals surface area contributed by atoms with Crippen molar-refractivity contribution in [1.29, 1.82) is 0 Å². The van der Waals surface area contributed by atoms with Crippen molar-refractivity contribution in [1.82, 2.24) is 10.6 Å². The molecule has 1 aliphatic carbocycles. The molecule has 0 spiro atoms. The Morgan fingerprint density at radius 3 is 2.50 bits per heavy atom. The summed E-state index contributed by atoms with van der Waals surface area (Å²) in [4.78, 5) is 4.73. The summed E-state index contributed by atoms with van der Waals surface area (Å²) in [6.45, 7) is 13.0. The first-order chi connectivity index (χ1) is 11.4. The van der Waals surface area contributed by atoms with E-state index in [4.69, 9.17) is 9.73 Å². The van der Waals surface area contributed by atoms with Crippen LogP contribution in [0.3, 0.4) is 0 Å². The second-order valence-electron chi connectivity index (χ2n) is 8.11. The van der Waals surface area contributed by atoms with Crippen LogP contribution in [-0.4, -0.2) is 48.5 Å². The topological polar surface area (TPSA) is 65.9 Å². The summed E-state index contributed by atoms with van der Waals surface area (Å²) in [5.41, 5.74) is -0.555. The molecule has 2 fully saturated rings. The molecule has 0 bridgehead atoms. The van der Waals surface area contributed by atoms with Crippen LogP contribution in [-0.2, 0) is 4.74 Å². The van der Waals surface area contributed by atoms with Crippen LogP contribution >= 0.6 is 0 Å². The molecule has 1 heterocycles. The molecule has 2 aliphatic rings. The highest BCUT2D eigenvalue weighted by Gasteiger charge is 2.59. The van der Waals surface area contributed by atoms with E-state index in [1.165, 1.54) is 0 Å². The molecule has 5 heteroatoms. The van der Waals surface area contributed by atoms with E-state index in [-0.39, 0.29) is 5.41 Å². The van der Waals surface area contributed by atoms with Gasteiger partial charge in [-0.2, -0.15) is 0 Å². The van der Waals surface area contributed by atoms with Gasteiger partial charge in [-0.15, -0.1) is 0 Å². The number of fused-ring (bicyclic) bond motifs is 1. The molecule has 140 valence electrons. The smallest absolute Gasteiger partial charge is 0.191 e. The highest BCUT2D eigenvalue weighted by Crippen LogP contribution is 2.52. The number of nitrogens with zero attached hydrogens (tertiary/aromatic N) is 1. The van der Waals surface area contributed by atoms with Gasteiger partial charge in [-0.25, -0.2) is 0 Å². The Bertz CT molecular complexity index is 430. The highest BCUT2D eigenvalue weighted by molar-refractivity contribution is 5.80. The lowest BCUT2D eigenvalue weighted by Crippen LogP contribution is -2.68. The van der Waals surface area contributed by atoms with Gasteiger partial charge in [0.2, 0.25) is 0 Å². The maximum absolute atomic E-state index is 10.8. The van der Waals surface area contributed by atoms with E-state index < -0.39 is 5.60 Å². The zero-order valence-corrected chi connectivity index (χ0v) is 16.2. The largest absolute Gasteiger partial charge is 0.388 e. The fourth-order valence-electron chi connectivity index (χ4n) is 4.52. The van der Waals surface area contributed by atoms with Crippen LogP contribution in [0.15, 0.2) is 4.99 Å². The lowest BCUT2D eigenvalue weighted by molar-refractivity contribution is -0.106. The van der Waals surface area contributed by atoms with Crippen molar-refractivity contribution in [2.75, 3.05) is 19.7 Å². The molecule has 1 aliphatic heterocycles. The van der Waals surface area contributed by atoms with Crippen molar-refractivity contribution in [2.24, 2.45) is 16.3 Å². The van der Waals surface area contributed by atoms with Crippen LogP contribution < -0.4 is 10.6 Å². The third kappa shape index (κ3) is 4.05. The second-order valence-corrected chi connectivity index (χ2v) is 8.11. The van der Waals surface area contributed by atoms with E-state index in [2.05, 4.69) is 45.3 Å². The summed E-state index contributed by atoms with van der Waals surface area (Å²) in [5, 5.41) is 17.8. The first kappa shape index (κ1) is 19.5. The molecule has 1 saturated carbocycles. The van der Waals surface area contributed by atoms with E-state index in [0.717, 1.165) is 51.2 Å². The third-order valence-electron chi connectivity index (χ3n) is 5.70. The molecule has 3 unspecified atom stereocenters. The number of nitrogens with one attached hydrogen (secondary N) is 2. The van der Waals surface area contributed by atoms with E-state index in [1.807, 2.05) is 0 Å². The Morgan fingerprint density at radius 2 is 1.92 bits per heavy atom. The summed E-state index contributed by atoms with van der Waals surface area (Å²) in [5.74, 6) is 1.40. The Kier molecular flexibility index (Phi) is 6.54. The van der Waals surface area contributed by atoms with Crippen LogP contribution in [0.2, 0.25) is 0 Å². The van der Waals surface area contributed by atoms with Gasteiger partial charge in [-0.05, 0) is 26.2 Å². The van der Waals surface area contributed by atoms with Crippen LogP contribution in [0.5, 0.6) is 0 Å². The van der Waals surface area contributed by atoms with Crippen LogP contribution in [0.4, 0.5) is 0 Å². The normalized spacial score (nSPS) is 29.1. The molecule has 0 amide bonds. The molecule has 0 aromatic carbocycles. The van der Waals surface area contributed by atoms with Crippen molar-refractivity contribution >= 4 is 5.96 Å². The van der Waals surface area contributed by atoms with Gasteiger partial charge in [0.1, 0.15) is 0 Å². The Labute approximate surface area is 147 Å². The Hall–Kier alpha value is -0.810. The van der Waals surface area contributed by atoms with Crippen molar-refractivity contribution < 1.29 is 9.84 Å². The second kappa shape index (κ2) is 8.05. The van der Waals surface area contributed by atoms with Gasteiger partial charge >= 0.3 is 0 Å². The van der Waals surface area contributed by atoms with Gasteiger partial charge in [0.15, 0.2) is 5.96 Å². The van der Waals surface area contributed by atoms with Crippen LogP contribution in [0, 0.1) is 11.3 Å². The quantitative estimate of drug-likeness (QED) is 0.470. The van der Waals surface area contributed by atoms with Gasteiger partial charge in [0, 0.05) is 30.5 Å². The molecule has 24 heavy (non-hydrogen) atoms. The average molecular weight is 340 g/mol. The van der Waals surface area contributed by atoms with Gasteiger partial charge in [-0.1, -0.05) is 40.5 Å². The van der Waals surface area contributed by atoms with E-state index >= 15 is 0 Å². The fourth-order valence-corrected chi connectivity index (χ4v) is 4.52. The van der Waals surface area contributed by atoms with Gasteiger partial charge in [-0.3, -0.25) is 4.99 Å². The summed E-state index contributed by atoms with van der Waals surface area (Å²) in [6, 6.07) is 0.383. The standard InChI is InChI=1S/C19H37N3O2/c1-6-10-19(23,11-7-2)13-21-17(20-8-3)22-15-14-9-12-24-16(14)18(15,4)5/h14-16,23H,6-13H2,1-5H3,(H2,20,21,22). The Balaban J connectivity index is 2.03. The summed E-state index contributed by atoms with van der Waals surface area (Å²) < 4.78 is 5.88. The average Bonchev–Trinajstić information content (AvgIpc) is 2.97. The van der Waals surface area contributed by atoms with Crippen molar-refractivity contribution in [2.45, 2.75) is 84.5 Å². The van der Waals surface area contributed by atoms with Gasteiger partial charge < -0.3 is 20.5 Å². The summed E-state index contributed by atoms with van der Waals surface area (Å²) >= 11 is 0. The number of ether oxygens (including phenoxy) is 1. The number of aliphatic imine (C=N–C) groups is 1. The number of aliphatic hydroxyl groups is 1. The van der Waals surface area contributed by atoms with E-state index in [0.29, 0.717) is 24.6 Å². The van der Waals surface area contributed by atoms with Crippen LogP contribution in [0.25, 0.3) is 0 Å². The fraction of sp³-hybridized carbons (Fsp3) is 0.947. The lowest BCUT2D eigenvalue weighted by Gasteiger charge is -2.55. The number of rotatable bonds is 8. The zero-order valence-electron chi connectivity index (χ0n) is 16.2. The number of guanidine groups is 1. The zero-order chi connectivity index (χ0) is 17.8. The van der Waals surface area contributed by atoms with Crippen molar-refractivity contribution in [3.63, 3.8) is 0 Å². The molecule has 5 nitrogen and oxygen atoms in total. The molecule has 1 saturated heterocycles. The first-order valence-electron chi connectivity index (χ1n) is 9.76. The first-order valence-corrected chi connectivity index (χ1v) is 9.76. The number of hydrogen-bond acceptors (Lipinski definition) is 3. The van der Waals surface area contributed by atoms with Gasteiger partial charge in [0.25, 0.3) is 0 Å². The van der Waals surface area contributed by atoms with Gasteiger partial charge in [0.05, 0.1) is 18.2 Å². The third-order valence-corrected chi connectivity index (χ3v) is 5.70. The summed E-state index contributed by atoms with van der Waals surface area (Å²) in [6.07, 6.45) is 5.06. The van der Waals surface area contributed by atoms with Crippen molar-refractivity contribution in [3.8, 4) is 0 Å².